The van der Waals surface area contributed by atoms with Crippen molar-refractivity contribution in [3.05, 3.63) is 29.8 Å². The number of benzene rings is 1. The molecule has 19 heavy (non-hydrogen) atoms. The van der Waals surface area contributed by atoms with Gasteiger partial charge in [-0.25, -0.2) is 0 Å². The summed E-state index contributed by atoms with van der Waals surface area (Å²) in [7, 11) is 0. The van der Waals surface area contributed by atoms with Gasteiger partial charge in [-0.15, -0.1) is 0 Å². The summed E-state index contributed by atoms with van der Waals surface area (Å²) in [6.07, 6.45) is 0.584. The SMILES string of the molecule is CC(CC(C)(N)CO)Oc1cccc(C(C)(C)C)c1. The van der Waals surface area contributed by atoms with Crippen LogP contribution in [0.5, 0.6) is 5.75 Å². The molecule has 0 saturated carbocycles. The first-order chi connectivity index (χ1) is 8.64. The van der Waals surface area contributed by atoms with E-state index in [-0.39, 0.29) is 18.1 Å². The van der Waals surface area contributed by atoms with E-state index in [1.807, 2.05) is 26.0 Å². The third-order valence-corrected chi connectivity index (χ3v) is 3.15. The maximum Gasteiger partial charge on any atom is 0.119 e. The number of aliphatic hydroxyl groups is 1. The van der Waals surface area contributed by atoms with Crippen LogP contribution in [0.2, 0.25) is 0 Å². The number of nitrogens with two attached hydrogens (primary N) is 1. The average molecular weight is 265 g/mol. The zero-order valence-corrected chi connectivity index (χ0v) is 12.7. The number of aliphatic hydroxyl groups excluding tert-OH is 1. The van der Waals surface area contributed by atoms with E-state index >= 15 is 0 Å². The van der Waals surface area contributed by atoms with Gasteiger partial charge < -0.3 is 15.6 Å². The highest BCUT2D eigenvalue weighted by atomic mass is 16.5. The van der Waals surface area contributed by atoms with Crippen LogP contribution < -0.4 is 10.5 Å². The topological polar surface area (TPSA) is 55.5 Å². The molecule has 0 fully saturated rings. The summed E-state index contributed by atoms with van der Waals surface area (Å²) in [5, 5.41) is 9.18. The van der Waals surface area contributed by atoms with Gasteiger partial charge in [-0.2, -0.15) is 0 Å². The van der Waals surface area contributed by atoms with E-state index in [0.717, 1.165) is 5.75 Å². The van der Waals surface area contributed by atoms with Crippen LogP contribution in [0.25, 0.3) is 0 Å². The van der Waals surface area contributed by atoms with Gasteiger partial charge in [-0.1, -0.05) is 32.9 Å². The molecule has 1 aromatic carbocycles. The Morgan fingerprint density at radius 2 is 1.89 bits per heavy atom. The van der Waals surface area contributed by atoms with Gasteiger partial charge in [0.05, 0.1) is 12.7 Å². The molecule has 2 unspecified atom stereocenters. The first-order valence-electron chi connectivity index (χ1n) is 6.81. The third kappa shape index (κ3) is 5.21. The Labute approximate surface area is 116 Å². The van der Waals surface area contributed by atoms with Gasteiger partial charge in [-0.05, 0) is 37.0 Å². The fraction of sp³-hybridized carbons (Fsp3) is 0.625. The molecule has 1 aromatic rings. The molecule has 0 bridgehead atoms. The number of rotatable bonds is 5. The van der Waals surface area contributed by atoms with Crippen LogP contribution in [-0.2, 0) is 5.41 Å². The predicted octanol–water partition coefficient (Wildman–Crippen LogP) is 2.85. The lowest BCUT2D eigenvalue weighted by Crippen LogP contribution is -2.43. The summed E-state index contributed by atoms with van der Waals surface area (Å²) in [6.45, 7) is 10.3. The molecule has 0 radical (unpaired) electrons. The van der Waals surface area contributed by atoms with E-state index in [9.17, 15) is 5.11 Å². The smallest absolute Gasteiger partial charge is 0.119 e. The largest absolute Gasteiger partial charge is 0.491 e. The first-order valence-corrected chi connectivity index (χ1v) is 6.81. The maximum atomic E-state index is 9.18. The van der Waals surface area contributed by atoms with Gasteiger partial charge >= 0.3 is 0 Å². The van der Waals surface area contributed by atoms with Crippen molar-refractivity contribution >= 4 is 0 Å². The molecule has 1 rings (SSSR count). The van der Waals surface area contributed by atoms with E-state index in [0.29, 0.717) is 6.42 Å². The van der Waals surface area contributed by atoms with Crippen molar-refractivity contribution in [3.8, 4) is 5.75 Å². The number of hydrogen-bond acceptors (Lipinski definition) is 3. The predicted molar refractivity (Wildman–Crippen MR) is 79.5 cm³/mol. The quantitative estimate of drug-likeness (QED) is 0.860. The third-order valence-electron chi connectivity index (χ3n) is 3.15. The second-order valence-electron chi connectivity index (χ2n) is 6.72. The minimum absolute atomic E-state index is 0.0302. The van der Waals surface area contributed by atoms with Gasteiger partial charge in [0.2, 0.25) is 0 Å². The van der Waals surface area contributed by atoms with Crippen molar-refractivity contribution in [2.24, 2.45) is 5.73 Å². The van der Waals surface area contributed by atoms with Crippen molar-refractivity contribution in [1.82, 2.24) is 0 Å². The molecule has 108 valence electrons. The zero-order valence-electron chi connectivity index (χ0n) is 12.7. The highest BCUT2D eigenvalue weighted by molar-refractivity contribution is 5.32. The Kier molecular flexibility index (Phi) is 4.99. The molecule has 3 heteroatoms. The fourth-order valence-corrected chi connectivity index (χ4v) is 2.03. The first kappa shape index (κ1) is 16.0. The Bertz CT molecular complexity index is 407. The summed E-state index contributed by atoms with van der Waals surface area (Å²) >= 11 is 0. The molecule has 3 nitrogen and oxygen atoms in total. The Morgan fingerprint density at radius 1 is 1.26 bits per heavy atom. The molecule has 0 amide bonds. The van der Waals surface area contributed by atoms with Crippen molar-refractivity contribution in [3.63, 3.8) is 0 Å². The van der Waals surface area contributed by atoms with Gasteiger partial charge in [-0.3, -0.25) is 0 Å². The van der Waals surface area contributed by atoms with Crippen molar-refractivity contribution in [2.45, 2.75) is 58.1 Å². The number of ether oxygens (including phenoxy) is 1. The maximum absolute atomic E-state index is 9.18. The summed E-state index contributed by atoms with van der Waals surface area (Å²) in [5.41, 5.74) is 6.70. The second-order valence-corrected chi connectivity index (χ2v) is 6.72. The molecule has 0 aliphatic heterocycles. The molecular weight excluding hydrogens is 238 g/mol. The lowest BCUT2D eigenvalue weighted by molar-refractivity contribution is 0.133. The molecule has 0 spiro atoms. The van der Waals surface area contributed by atoms with Gasteiger partial charge in [0.1, 0.15) is 5.75 Å². The fourth-order valence-electron chi connectivity index (χ4n) is 2.03. The average Bonchev–Trinajstić information content (AvgIpc) is 2.27. The summed E-state index contributed by atoms with van der Waals surface area (Å²) in [6, 6.07) is 8.15. The van der Waals surface area contributed by atoms with E-state index in [1.54, 1.807) is 0 Å². The van der Waals surface area contributed by atoms with E-state index < -0.39 is 5.54 Å². The standard InChI is InChI=1S/C16H27NO2/c1-12(10-16(5,17)11-18)19-14-8-6-7-13(9-14)15(2,3)4/h6-9,12,18H,10-11,17H2,1-5H3. The van der Waals surface area contributed by atoms with Gasteiger partial charge in [0.25, 0.3) is 0 Å². The minimum Gasteiger partial charge on any atom is -0.491 e. The lowest BCUT2D eigenvalue weighted by Gasteiger charge is -2.27. The van der Waals surface area contributed by atoms with Crippen LogP contribution in [0.1, 0.15) is 46.6 Å². The van der Waals surface area contributed by atoms with Crippen LogP contribution in [0.3, 0.4) is 0 Å². The van der Waals surface area contributed by atoms with Crippen LogP contribution in [-0.4, -0.2) is 23.4 Å². The molecule has 0 aliphatic rings. The van der Waals surface area contributed by atoms with Crippen molar-refractivity contribution < 1.29 is 9.84 Å². The van der Waals surface area contributed by atoms with Gasteiger partial charge in [0.15, 0.2) is 0 Å². The minimum atomic E-state index is -0.596. The Hall–Kier alpha value is -1.06. The molecule has 3 N–H and O–H groups in total. The molecule has 2 atom stereocenters. The van der Waals surface area contributed by atoms with Crippen molar-refractivity contribution in [1.29, 1.82) is 0 Å². The van der Waals surface area contributed by atoms with E-state index in [2.05, 4.69) is 32.9 Å². The van der Waals surface area contributed by atoms with Gasteiger partial charge in [0, 0.05) is 12.0 Å². The summed E-state index contributed by atoms with van der Waals surface area (Å²) < 4.78 is 5.90. The molecule has 0 saturated heterocycles. The van der Waals surface area contributed by atoms with E-state index in [1.165, 1.54) is 5.56 Å². The van der Waals surface area contributed by atoms with Crippen LogP contribution in [0, 0.1) is 0 Å². The van der Waals surface area contributed by atoms with Crippen LogP contribution in [0.4, 0.5) is 0 Å². The molecule has 0 aliphatic carbocycles. The zero-order chi connectivity index (χ0) is 14.7. The second kappa shape index (κ2) is 5.93. The number of hydrogen-bond donors (Lipinski definition) is 2. The highest BCUT2D eigenvalue weighted by Crippen LogP contribution is 2.26. The monoisotopic (exact) mass is 265 g/mol. The molecular formula is C16H27NO2. The Balaban J connectivity index is 2.72. The molecule has 0 heterocycles. The lowest BCUT2D eigenvalue weighted by atomic mass is 9.87. The Morgan fingerprint density at radius 3 is 2.42 bits per heavy atom. The summed E-state index contributed by atoms with van der Waals surface area (Å²) in [5.74, 6) is 0.855. The van der Waals surface area contributed by atoms with Crippen molar-refractivity contribution in [2.75, 3.05) is 6.61 Å². The normalized spacial score (nSPS) is 16.8. The highest BCUT2D eigenvalue weighted by Gasteiger charge is 2.22. The molecule has 0 aromatic heterocycles. The van der Waals surface area contributed by atoms with Crippen LogP contribution in [0.15, 0.2) is 24.3 Å². The van der Waals surface area contributed by atoms with Crippen LogP contribution >= 0.6 is 0 Å². The van der Waals surface area contributed by atoms with E-state index in [4.69, 9.17) is 10.5 Å². The summed E-state index contributed by atoms with van der Waals surface area (Å²) in [4.78, 5) is 0.